The molecular weight excluding hydrogens is 383 g/mol. The normalized spacial score (nSPS) is 14.8. The van der Waals surface area contributed by atoms with Gasteiger partial charge in [-0.1, -0.05) is 6.42 Å². The number of hydrogen-bond acceptors (Lipinski definition) is 5. The molecule has 0 aliphatic heterocycles. The zero-order valence-corrected chi connectivity index (χ0v) is 17.1. The van der Waals surface area contributed by atoms with Crippen LogP contribution < -0.4 is 10.5 Å². The number of benzene rings is 1. The van der Waals surface area contributed by atoms with E-state index in [-0.39, 0.29) is 29.7 Å². The maximum Gasteiger partial charge on any atom is 0.222 e. The third kappa shape index (κ3) is 6.91. The molecule has 6 nitrogen and oxygen atoms in total. The molecule has 2 N–H and O–H groups in total. The Hall–Kier alpha value is -1.93. The molecular formula is C20H29FN2O4S. The Morgan fingerprint density at radius 1 is 1.25 bits per heavy atom. The second-order valence-electron chi connectivity index (χ2n) is 7.10. The number of nitrogens with two attached hydrogens (primary N) is 1. The number of carbonyl (C=O) groups excluding carboxylic acids is 1. The van der Waals surface area contributed by atoms with Crippen molar-refractivity contribution in [1.82, 2.24) is 4.90 Å². The third-order valence-electron chi connectivity index (χ3n) is 4.82. The Labute approximate surface area is 166 Å². The first-order valence-electron chi connectivity index (χ1n) is 9.57. The molecule has 1 fully saturated rings. The van der Waals surface area contributed by atoms with E-state index in [9.17, 15) is 17.6 Å². The lowest BCUT2D eigenvalue weighted by Gasteiger charge is -2.15. The minimum absolute atomic E-state index is 0.0216. The van der Waals surface area contributed by atoms with Crippen molar-refractivity contribution in [3.05, 3.63) is 36.2 Å². The number of rotatable bonds is 12. The number of amides is 1. The maximum absolute atomic E-state index is 12.5. The largest absolute Gasteiger partial charge is 0.489 e. The Balaban J connectivity index is 1.73. The minimum Gasteiger partial charge on any atom is -0.489 e. The maximum atomic E-state index is 12.5. The fourth-order valence-corrected chi connectivity index (χ4v) is 4.13. The fourth-order valence-electron chi connectivity index (χ4n) is 2.76. The average Bonchev–Trinajstić information content (AvgIpc) is 3.53. The van der Waals surface area contributed by atoms with E-state index in [0.717, 1.165) is 12.8 Å². The van der Waals surface area contributed by atoms with Gasteiger partial charge in [-0.2, -0.15) is 0 Å². The molecule has 1 aromatic carbocycles. The first-order chi connectivity index (χ1) is 13.4. The van der Waals surface area contributed by atoms with Crippen LogP contribution in [0, 0.1) is 0 Å². The molecule has 1 saturated carbocycles. The van der Waals surface area contributed by atoms with Crippen molar-refractivity contribution in [2.45, 2.75) is 49.5 Å². The number of unbranched alkanes of at least 4 members (excludes halogenated alkanes) is 2. The summed E-state index contributed by atoms with van der Waals surface area (Å²) >= 11 is 0. The van der Waals surface area contributed by atoms with Crippen LogP contribution in [-0.2, 0) is 14.6 Å². The Bertz CT molecular complexity index is 774. The van der Waals surface area contributed by atoms with Gasteiger partial charge in [0.15, 0.2) is 9.84 Å². The molecule has 1 aliphatic carbocycles. The van der Waals surface area contributed by atoms with Crippen LogP contribution in [0.25, 0.3) is 0 Å². The summed E-state index contributed by atoms with van der Waals surface area (Å²) in [5, 5.41) is 0. The first kappa shape index (κ1) is 22.4. The second-order valence-corrected chi connectivity index (χ2v) is 9.21. The molecule has 0 atom stereocenters. The number of carbonyl (C=O) groups is 1. The van der Waals surface area contributed by atoms with Crippen molar-refractivity contribution in [1.29, 1.82) is 0 Å². The van der Waals surface area contributed by atoms with Gasteiger partial charge >= 0.3 is 0 Å². The van der Waals surface area contributed by atoms with Crippen LogP contribution in [0.2, 0.25) is 0 Å². The van der Waals surface area contributed by atoms with E-state index < -0.39 is 9.84 Å². The number of sulfone groups is 1. The van der Waals surface area contributed by atoms with Crippen LogP contribution >= 0.6 is 0 Å². The van der Waals surface area contributed by atoms with Crippen molar-refractivity contribution < 1.29 is 22.3 Å². The number of nitrogens with zero attached hydrogens (tertiary/aromatic N) is 1. The summed E-state index contributed by atoms with van der Waals surface area (Å²) in [6.07, 6.45) is 4.97. The number of halogens is 1. The van der Waals surface area contributed by atoms with E-state index in [2.05, 4.69) is 0 Å². The molecule has 156 valence electrons. The highest BCUT2D eigenvalue weighted by Crippen LogP contribution is 2.26. The summed E-state index contributed by atoms with van der Waals surface area (Å²) in [6, 6.07) is 6.48. The molecule has 0 aromatic heterocycles. The zero-order valence-electron chi connectivity index (χ0n) is 16.3. The summed E-state index contributed by atoms with van der Waals surface area (Å²) in [7, 11) is -1.54. The monoisotopic (exact) mass is 412 g/mol. The highest BCUT2D eigenvalue weighted by molar-refractivity contribution is 7.91. The number of ether oxygens (including phenoxy) is 1. The van der Waals surface area contributed by atoms with Crippen LogP contribution in [0.4, 0.5) is 4.39 Å². The Morgan fingerprint density at radius 2 is 1.93 bits per heavy atom. The molecule has 2 rings (SSSR count). The van der Waals surface area contributed by atoms with Gasteiger partial charge in [-0.15, -0.1) is 0 Å². The lowest BCUT2D eigenvalue weighted by atomic mass is 10.2. The topological polar surface area (TPSA) is 89.7 Å². The molecule has 8 heteroatoms. The molecule has 0 radical (unpaired) electrons. The van der Waals surface area contributed by atoms with Crippen molar-refractivity contribution in [3.8, 4) is 5.75 Å². The van der Waals surface area contributed by atoms with E-state index in [0.29, 0.717) is 49.4 Å². The van der Waals surface area contributed by atoms with Gasteiger partial charge in [0.2, 0.25) is 5.91 Å². The first-order valence-corrected chi connectivity index (χ1v) is 11.2. The quantitative estimate of drug-likeness (QED) is 0.533. The second kappa shape index (κ2) is 10.6. The average molecular weight is 413 g/mol. The van der Waals surface area contributed by atoms with E-state index in [1.165, 1.54) is 12.1 Å². The highest BCUT2D eigenvalue weighted by Gasteiger charge is 2.28. The minimum atomic E-state index is -3.38. The molecule has 1 amide bonds. The van der Waals surface area contributed by atoms with Gasteiger partial charge in [0.1, 0.15) is 12.4 Å². The van der Waals surface area contributed by atoms with Crippen LogP contribution in [0.3, 0.4) is 0 Å². The van der Waals surface area contributed by atoms with Gasteiger partial charge in [0, 0.05) is 31.6 Å². The smallest absolute Gasteiger partial charge is 0.222 e. The van der Waals surface area contributed by atoms with Crippen molar-refractivity contribution >= 4 is 15.7 Å². The van der Waals surface area contributed by atoms with E-state index >= 15 is 0 Å². The summed E-state index contributed by atoms with van der Waals surface area (Å²) < 4.78 is 42.7. The zero-order chi connectivity index (χ0) is 20.6. The predicted octanol–water partition coefficient (Wildman–Crippen LogP) is 2.83. The molecule has 0 saturated heterocycles. The van der Waals surface area contributed by atoms with E-state index in [1.54, 1.807) is 17.0 Å². The Morgan fingerprint density at radius 3 is 2.50 bits per heavy atom. The molecule has 1 aliphatic rings. The van der Waals surface area contributed by atoms with Crippen LogP contribution in [-0.4, -0.2) is 51.2 Å². The van der Waals surface area contributed by atoms with Gasteiger partial charge in [-0.05, 0) is 49.9 Å². The summed E-state index contributed by atoms with van der Waals surface area (Å²) in [5.74, 6) is 0.633. The molecule has 0 heterocycles. The molecule has 0 bridgehead atoms. The summed E-state index contributed by atoms with van der Waals surface area (Å²) in [5.41, 5.74) is 5.67. The Kier molecular flexibility index (Phi) is 8.44. The lowest BCUT2D eigenvalue weighted by Crippen LogP contribution is -2.28. The van der Waals surface area contributed by atoms with Crippen molar-refractivity contribution in [2.75, 3.05) is 26.0 Å². The van der Waals surface area contributed by atoms with Crippen LogP contribution in [0.1, 0.15) is 38.5 Å². The fraction of sp³-hybridized carbons (Fsp3) is 0.550. The molecule has 1 aromatic rings. The van der Waals surface area contributed by atoms with Crippen molar-refractivity contribution in [3.63, 3.8) is 0 Å². The van der Waals surface area contributed by atoms with Crippen LogP contribution in [0.5, 0.6) is 5.75 Å². The van der Waals surface area contributed by atoms with Gasteiger partial charge in [-0.3, -0.25) is 4.79 Å². The van der Waals surface area contributed by atoms with Crippen molar-refractivity contribution in [2.24, 2.45) is 5.73 Å². The molecule has 0 unspecified atom stereocenters. The highest BCUT2D eigenvalue weighted by atomic mass is 32.2. The van der Waals surface area contributed by atoms with Gasteiger partial charge < -0.3 is 15.4 Å². The molecule has 0 spiro atoms. The van der Waals surface area contributed by atoms with Gasteiger partial charge in [0.25, 0.3) is 0 Å². The summed E-state index contributed by atoms with van der Waals surface area (Å²) in [4.78, 5) is 14.0. The van der Waals surface area contributed by atoms with Crippen LogP contribution in [0.15, 0.2) is 41.1 Å². The van der Waals surface area contributed by atoms with E-state index in [4.69, 9.17) is 10.5 Å². The SMILES string of the molecule is CN(C(=O)CCCCCS(=O)(=O)c1ccc(OC/C(=C/F)CN)cc1)C1CC1. The van der Waals surface area contributed by atoms with Gasteiger partial charge in [0.05, 0.1) is 17.0 Å². The standard InChI is InChI=1S/C20H29FN2O4S/c1-23(17-6-7-17)20(24)5-3-2-4-12-28(25,26)19-10-8-18(9-11-19)27-15-16(13-21)14-22/h8-11,13,17H,2-7,12,14-15,22H2,1H3/b16-13+. The third-order valence-corrected chi connectivity index (χ3v) is 6.63. The summed E-state index contributed by atoms with van der Waals surface area (Å²) in [6.45, 7) is 0.0825. The molecule has 28 heavy (non-hydrogen) atoms. The predicted molar refractivity (Wildman–Crippen MR) is 106 cm³/mol. The van der Waals surface area contributed by atoms with Gasteiger partial charge in [-0.25, -0.2) is 12.8 Å². The number of hydrogen-bond donors (Lipinski definition) is 1. The van der Waals surface area contributed by atoms with E-state index in [1.807, 2.05) is 7.05 Å². The lowest BCUT2D eigenvalue weighted by molar-refractivity contribution is -0.130.